The monoisotopic (exact) mass is 241 g/mol. The quantitative estimate of drug-likeness (QED) is 0.830. The van der Waals surface area contributed by atoms with Crippen LogP contribution in [0.4, 0.5) is 5.13 Å². The molecule has 1 aromatic rings. The molecule has 1 amide bonds. The largest absolute Gasteiger partial charge is 0.354 e. The van der Waals surface area contributed by atoms with E-state index in [1.807, 2.05) is 27.7 Å². The van der Waals surface area contributed by atoms with Crippen LogP contribution >= 0.6 is 11.3 Å². The van der Waals surface area contributed by atoms with Crippen molar-refractivity contribution in [1.29, 1.82) is 0 Å². The summed E-state index contributed by atoms with van der Waals surface area (Å²) in [6.07, 6.45) is 0.952. The van der Waals surface area contributed by atoms with Crippen LogP contribution in [0.25, 0.3) is 0 Å². The SMILES string of the molecule is CCCNC(=O)C(C)Nc1nc(C)c(C)s1. The number of hydrogen-bond acceptors (Lipinski definition) is 4. The first kappa shape index (κ1) is 13.0. The van der Waals surface area contributed by atoms with Crippen LogP contribution in [-0.4, -0.2) is 23.5 Å². The topological polar surface area (TPSA) is 54.0 Å². The molecule has 1 aromatic heterocycles. The smallest absolute Gasteiger partial charge is 0.242 e. The second-order valence-electron chi connectivity index (χ2n) is 3.82. The van der Waals surface area contributed by atoms with E-state index in [2.05, 4.69) is 15.6 Å². The number of nitrogens with zero attached hydrogens (tertiary/aromatic N) is 1. The van der Waals surface area contributed by atoms with Crippen LogP contribution in [0.3, 0.4) is 0 Å². The van der Waals surface area contributed by atoms with Gasteiger partial charge in [-0.25, -0.2) is 4.98 Å². The Kier molecular flexibility index (Phi) is 4.73. The van der Waals surface area contributed by atoms with Crippen molar-refractivity contribution >= 4 is 22.4 Å². The lowest BCUT2D eigenvalue weighted by molar-refractivity contribution is -0.121. The van der Waals surface area contributed by atoms with Gasteiger partial charge in [-0.2, -0.15) is 0 Å². The number of nitrogens with one attached hydrogen (secondary N) is 2. The molecule has 90 valence electrons. The molecule has 0 bridgehead atoms. The van der Waals surface area contributed by atoms with Crippen molar-refractivity contribution in [2.75, 3.05) is 11.9 Å². The second kappa shape index (κ2) is 5.84. The van der Waals surface area contributed by atoms with Gasteiger partial charge < -0.3 is 10.6 Å². The average Bonchev–Trinajstić information content (AvgIpc) is 2.54. The average molecular weight is 241 g/mol. The minimum Gasteiger partial charge on any atom is -0.354 e. The van der Waals surface area contributed by atoms with Gasteiger partial charge in [0.2, 0.25) is 5.91 Å². The number of rotatable bonds is 5. The molecule has 2 N–H and O–H groups in total. The lowest BCUT2D eigenvalue weighted by atomic mass is 10.3. The van der Waals surface area contributed by atoms with Crippen LogP contribution < -0.4 is 10.6 Å². The molecule has 0 aromatic carbocycles. The van der Waals surface area contributed by atoms with Crippen LogP contribution in [0.5, 0.6) is 0 Å². The molecule has 1 rings (SSSR count). The Hall–Kier alpha value is -1.10. The van der Waals surface area contributed by atoms with E-state index >= 15 is 0 Å². The highest BCUT2D eigenvalue weighted by molar-refractivity contribution is 7.15. The van der Waals surface area contributed by atoms with Crippen molar-refractivity contribution in [3.63, 3.8) is 0 Å². The lowest BCUT2D eigenvalue weighted by Gasteiger charge is -2.12. The first-order valence-corrected chi connectivity index (χ1v) is 6.34. The summed E-state index contributed by atoms with van der Waals surface area (Å²) >= 11 is 1.58. The number of carbonyl (C=O) groups is 1. The summed E-state index contributed by atoms with van der Waals surface area (Å²) in [5, 5.41) is 6.77. The molecule has 0 saturated heterocycles. The predicted octanol–water partition coefficient (Wildman–Crippen LogP) is 2.09. The van der Waals surface area contributed by atoms with Gasteiger partial charge in [0.15, 0.2) is 5.13 Å². The third kappa shape index (κ3) is 3.48. The Morgan fingerprint density at radius 2 is 2.19 bits per heavy atom. The first-order chi connectivity index (χ1) is 7.54. The molecule has 0 radical (unpaired) electrons. The van der Waals surface area contributed by atoms with E-state index < -0.39 is 0 Å². The molecule has 16 heavy (non-hydrogen) atoms. The van der Waals surface area contributed by atoms with E-state index in [1.165, 1.54) is 4.88 Å². The maximum Gasteiger partial charge on any atom is 0.242 e. The van der Waals surface area contributed by atoms with E-state index in [9.17, 15) is 4.79 Å². The highest BCUT2D eigenvalue weighted by Gasteiger charge is 2.13. The summed E-state index contributed by atoms with van der Waals surface area (Å²) in [4.78, 5) is 17.1. The number of aromatic nitrogens is 1. The third-order valence-corrected chi connectivity index (χ3v) is 3.32. The van der Waals surface area contributed by atoms with Gasteiger partial charge in [-0.05, 0) is 27.2 Å². The van der Waals surface area contributed by atoms with Crippen LogP contribution in [-0.2, 0) is 4.79 Å². The molecule has 0 spiro atoms. The maximum atomic E-state index is 11.6. The number of amides is 1. The fraction of sp³-hybridized carbons (Fsp3) is 0.636. The van der Waals surface area contributed by atoms with E-state index in [-0.39, 0.29) is 11.9 Å². The molecular weight excluding hydrogens is 222 g/mol. The minimum atomic E-state index is -0.239. The molecule has 1 heterocycles. The molecule has 0 aliphatic heterocycles. The van der Waals surface area contributed by atoms with Gasteiger partial charge in [0.1, 0.15) is 6.04 Å². The van der Waals surface area contributed by atoms with Crippen molar-refractivity contribution < 1.29 is 4.79 Å². The fourth-order valence-electron chi connectivity index (χ4n) is 1.19. The van der Waals surface area contributed by atoms with Gasteiger partial charge in [0.05, 0.1) is 5.69 Å². The fourth-order valence-corrected chi connectivity index (χ4v) is 2.09. The summed E-state index contributed by atoms with van der Waals surface area (Å²) < 4.78 is 0. The Bertz CT molecular complexity index is 343. The molecule has 0 aliphatic carbocycles. The third-order valence-electron chi connectivity index (χ3n) is 2.31. The van der Waals surface area contributed by atoms with Gasteiger partial charge in [-0.3, -0.25) is 4.79 Å². The first-order valence-electron chi connectivity index (χ1n) is 5.52. The Balaban J connectivity index is 2.50. The van der Waals surface area contributed by atoms with Gasteiger partial charge in [-0.15, -0.1) is 11.3 Å². The van der Waals surface area contributed by atoms with E-state index in [4.69, 9.17) is 0 Å². The normalized spacial score (nSPS) is 12.2. The van der Waals surface area contributed by atoms with Crippen LogP contribution in [0, 0.1) is 13.8 Å². The molecule has 1 atom stereocenters. The summed E-state index contributed by atoms with van der Waals surface area (Å²) in [6, 6.07) is -0.239. The highest BCUT2D eigenvalue weighted by Crippen LogP contribution is 2.21. The Morgan fingerprint density at radius 1 is 1.50 bits per heavy atom. The zero-order valence-electron chi connectivity index (χ0n) is 10.3. The lowest BCUT2D eigenvalue weighted by Crippen LogP contribution is -2.37. The van der Waals surface area contributed by atoms with Crippen LogP contribution in [0.15, 0.2) is 0 Å². The van der Waals surface area contributed by atoms with Crippen LogP contribution in [0.2, 0.25) is 0 Å². The second-order valence-corrected chi connectivity index (χ2v) is 5.02. The summed E-state index contributed by atoms with van der Waals surface area (Å²) in [7, 11) is 0. The number of aryl methyl sites for hydroxylation is 2. The van der Waals surface area contributed by atoms with E-state index in [0.29, 0.717) is 0 Å². The van der Waals surface area contributed by atoms with Gasteiger partial charge >= 0.3 is 0 Å². The maximum absolute atomic E-state index is 11.6. The summed E-state index contributed by atoms with van der Waals surface area (Å²) in [6.45, 7) is 8.60. The number of anilines is 1. The highest BCUT2D eigenvalue weighted by atomic mass is 32.1. The van der Waals surface area contributed by atoms with Gasteiger partial charge in [-0.1, -0.05) is 6.92 Å². The molecule has 0 saturated carbocycles. The van der Waals surface area contributed by atoms with E-state index in [1.54, 1.807) is 11.3 Å². The predicted molar refractivity (Wildman–Crippen MR) is 68.0 cm³/mol. The van der Waals surface area contributed by atoms with Gasteiger partial charge in [0.25, 0.3) is 0 Å². The molecule has 0 fully saturated rings. The molecule has 5 heteroatoms. The van der Waals surface area contributed by atoms with Crippen LogP contribution in [0.1, 0.15) is 30.8 Å². The van der Waals surface area contributed by atoms with Crippen molar-refractivity contribution in [2.45, 2.75) is 40.2 Å². The summed E-state index contributed by atoms with van der Waals surface area (Å²) in [5.74, 6) is 0.0207. The van der Waals surface area contributed by atoms with Gasteiger partial charge in [0, 0.05) is 11.4 Å². The Morgan fingerprint density at radius 3 is 2.69 bits per heavy atom. The summed E-state index contributed by atoms with van der Waals surface area (Å²) in [5.41, 5.74) is 1.02. The Labute approximate surface area is 100 Å². The molecule has 1 unspecified atom stereocenters. The minimum absolute atomic E-state index is 0.0207. The molecule has 0 aliphatic rings. The van der Waals surface area contributed by atoms with E-state index in [0.717, 1.165) is 23.8 Å². The van der Waals surface area contributed by atoms with Crippen molar-refractivity contribution in [3.8, 4) is 0 Å². The number of thiazole rings is 1. The number of carbonyl (C=O) groups excluding carboxylic acids is 1. The standard InChI is InChI=1S/C11H19N3OS/c1-5-6-12-10(15)8(3)14-11-13-7(2)9(4)16-11/h8H,5-6H2,1-4H3,(H,12,15)(H,13,14). The molecular formula is C11H19N3OS. The zero-order chi connectivity index (χ0) is 12.1. The molecule has 4 nitrogen and oxygen atoms in total. The number of hydrogen-bond donors (Lipinski definition) is 2. The van der Waals surface area contributed by atoms with Crippen molar-refractivity contribution in [3.05, 3.63) is 10.6 Å². The van der Waals surface area contributed by atoms with Crippen molar-refractivity contribution in [1.82, 2.24) is 10.3 Å². The van der Waals surface area contributed by atoms with Crippen molar-refractivity contribution in [2.24, 2.45) is 0 Å². The zero-order valence-corrected chi connectivity index (χ0v) is 11.1.